The Labute approximate surface area is 237 Å². The van der Waals surface area contributed by atoms with Gasteiger partial charge in [0.05, 0.1) is 4.90 Å². The van der Waals surface area contributed by atoms with Crippen molar-refractivity contribution in [3.8, 4) is 0 Å². The molecular formula is C30H47NaO3S. The van der Waals surface area contributed by atoms with Crippen LogP contribution >= 0.6 is 0 Å². The van der Waals surface area contributed by atoms with E-state index in [1.54, 1.807) is 6.07 Å². The second-order valence-corrected chi connectivity index (χ2v) is 11.3. The van der Waals surface area contributed by atoms with Gasteiger partial charge in [-0.25, -0.2) is 8.42 Å². The molecule has 0 heterocycles. The SMILES string of the molecule is CCCCCCCCCCc1c(S(=O)(=O)[O-])cc2ccccc2c1CCCCCCCCCC.[Na+]. The van der Waals surface area contributed by atoms with Crippen LogP contribution in [0.3, 0.4) is 0 Å². The first-order valence-electron chi connectivity index (χ1n) is 14.0. The van der Waals surface area contributed by atoms with E-state index in [0.717, 1.165) is 54.0 Å². The summed E-state index contributed by atoms with van der Waals surface area (Å²) in [6.07, 6.45) is 21.1. The Morgan fingerprint density at radius 1 is 0.629 bits per heavy atom. The largest absolute Gasteiger partial charge is 1.00 e. The van der Waals surface area contributed by atoms with E-state index in [2.05, 4.69) is 19.9 Å². The van der Waals surface area contributed by atoms with Crippen LogP contribution < -0.4 is 29.6 Å². The molecule has 192 valence electrons. The maximum atomic E-state index is 12.2. The molecule has 0 radical (unpaired) electrons. The number of hydrogen-bond donors (Lipinski definition) is 0. The molecule has 0 bridgehead atoms. The van der Waals surface area contributed by atoms with Crippen molar-refractivity contribution >= 4 is 20.9 Å². The third-order valence-corrected chi connectivity index (χ3v) is 7.97. The van der Waals surface area contributed by atoms with Crippen molar-refractivity contribution in [2.24, 2.45) is 0 Å². The van der Waals surface area contributed by atoms with Crippen LogP contribution in [0, 0.1) is 0 Å². The van der Waals surface area contributed by atoms with Crippen molar-refractivity contribution in [2.45, 2.75) is 134 Å². The Morgan fingerprint density at radius 2 is 1.06 bits per heavy atom. The summed E-state index contributed by atoms with van der Waals surface area (Å²) < 4.78 is 36.7. The molecule has 0 spiro atoms. The zero-order valence-electron chi connectivity index (χ0n) is 22.7. The van der Waals surface area contributed by atoms with Gasteiger partial charge in [-0.2, -0.15) is 0 Å². The van der Waals surface area contributed by atoms with E-state index in [4.69, 9.17) is 0 Å². The fraction of sp³-hybridized carbons (Fsp3) is 0.667. The predicted molar refractivity (Wildman–Crippen MR) is 145 cm³/mol. The summed E-state index contributed by atoms with van der Waals surface area (Å²) in [5.41, 5.74) is 1.89. The third kappa shape index (κ3) is 12.1. The second kappa shape index (κ2) is 18.8. The van der Waals surface area contributed by atoms with Crippen LogP contribution in [0.15, 0.2) is 35.2 Å². The third-order valence-electron chi connectivity index (χ3n) is 7.06. The van der Waals surface area contributed by atoms with Gasteiger partial charge in [-0.05, 0) is 53.6 Å². The number of aryl methyl sites for hydroxylation is 1. The van der Waals surface area contributed by atoms with Gasteiger partial charge in [-0.1, -0.05) is 128 Å². The molecule has 0 unspecified atom stereocenters. The first-order chi connectivity index (χ1) is 16.5. The molecule has 0 saturated heterocycles. The molecule has 0 aliphatic rings. The van der Waals surface area contributed by atoms with Crippen molar-refractivity contribution in [3.05, 3.63) is 41.5 Å². The molecule has 2 rings (SSSR count). The Morgan fingerprint density at radius 3 is 1.54 bits per heavy atom. The van der Waals surface area contributed by atoms with Crippen molar-refractivity contribution < 1.29 is 42.5 Å². The zero-order valence-corrected chi connectivity index (χ0v) is 25.6. The number of benzene rings is 2. The van der Waals surface area contributed by atoms with E-state index in [9.17, 15) is 13.0 Å². The Balaban J connectivity index is 0.00000612. The van der Waals surface area contributed by atoms with E-state index < -0.39 is 10.1 Å². The van der Waals surface area contributed by atoms with Crippen molar-refractivity contribution in [3.63, 3.8) is 0 Å². The molecule has 0 saturated carbocycles. The molecular weight excluding hydrogens is 463 g/mol. The van der Waals surface area contributed by atoms with Crippen LogP contribution in [0.25, 0.3) is 10.8 Å². The van der Waals surface area contributed by atoms with Crippen molar-refractivity contribution in [1.82, 2.24) is 0 Å². The standard InChI is InChI=1S/C30H48O3S.Na/c1-3-5-7-9-11-13-15-17-23-28-27-22-20-19-21-26(27)25-30(34(31,32)33)29(28)24-18-16-14-12-10-8-6-4-2;/h19-22,25H,3-18,23-24H2,1-2H3,(H,31,32,33);/q;+1/p-1. The summed E-state index contributed by atoms with van der Waals surface area (Å²) in [5.74, 6) is 0. The maximum Gasteiger partial charge on any atom is 1.00 e. The number of fused-ring (bicyclic) bond motifs is 1. The van der Waals surface area contributed by atoms with Gasteiger partial charge in [0.1, 0.15) is 10.1 Å². The summed E-state index contributed by atoms with van der Waals surface area (Å²) in [7, 11) is -4.50. The molecule has 3 nitrogen and oxygen atoms in total. The number of hydrogen-bond acceptors (Lipinski definition) is 3. The molecule has 0 aromatic heterocycles. The smallest absolute Gasteiger partial charge is 0.744 e. The molecule has 35 heavy (non-hydrogen) atoms. The molecule has 2 aromatic carbocycles. The monoisotopic (exact) mass is 510 g/mol. The summed E-state index contributed by atoms with van der Waals surface area (Å²) in [6, 6.07) is 9.58. The predicted octanol–water partition coefficient (Wildman–Crippen LogP) is 6.11. The Hall–Kier alpha value is -0.390. The van der Waals surface area contributed by atoms with Crippen LogP contribution in [0.2, 0.25) is 0 Å². The van der Waals surface area contributed by atoms with Gasteiger partial charge in [0.15, 0.2) is 0 Å². The van der Waals surface area contributed by atoms with Crippen LogP contribution in [0.4, 0.5) is 0 Å². The van der Waals surface area contributed by atoms with Crippen molar-refractivity contribution in [1.29, 1.82) is 0 Å². The minimum Gasteiger partial charge on any atom is -0.744 e. The molecule has 0 N–H and O–H groups in total. The van der Waals surface area contributed by atoms with E-state index >= 15 is 0 Å². The number of rotatable bonds is 19. The van der Waals surface area contributed by atoms with Gasteiger partial charge in [0.25, 0.3) is 0 Å². The van der Waals surface area contributed by atoms with E-state index in [-0.39, 0.29) is 34.5 Å². The van der Waals surface area contributed by atoms with Crippen LogP contribution in [-0.2, 0) is 23.0 Å². The fourth-order valence-corrected chi connectivity index (χ4v) is 5.89. The van der Waals surface area contributed by atoms with Gasteiger partial charge in [0, 0.05) is 0 Å². The normalized spacial score (nSPS) is 11.6. The Kier molecular flexibility index (Phi) is 17.5. The molecule has 0 aliphatic carbocycles. The molecule has 0 fully saturated rings. The zero-order chi connectivity index (χ0) is 24.7. The van der Waals surface area contributed by atoms with E-state index in [1.807, 2.05) is 18.2 Å². The molecule has 0 atom stereocenters. The molecule has 2 aromatic rings. The summed E-state index contributed by atoms with van der Waals surface area (Å²) in [6.45, 7) is 4.47. The van der Waals surface area contributed by atoms with Crippen LogP contribution in [-0.4, -0.2) is 13.0 Å². The van der Waals surface area contributed by atoms with Crippen LogP contribution in [0.1, 0.15) is 128 Å². The topological polar surface area (TPSA) is 57.2 Å². The van der Waals surface area contributed by atoms with Gasteiger partial charge in [0.2, 0.25) is 0 Å². The minimum absolute atomic E-state index is 0. The minimum atomic E-state index is -4.50. The number of unbranched alkanes of at least 4 members (excludes halogenated alkanes) is 14. The summed E-state index contributed by atoms with van der Waals surface area (Å²) >= 11 is 0. The summed E-state index contributed by atoms with van der Waals surface area (Å²) in [4.78, 5) is 0.0173. The first-order valence-corrected chi connectivity index (χ1v) is 15.4. The maximum absolute atomic E-state index is 12.2. The average Bonchev–Trinajstić information content (AvgIpc) is 2.82. The second-order valence-electron chi connectivity index (χ2n) is 9.96. The molecule has 5 heteroatoms. The summed E-state index contributed by atoms with van der Waals surface area (Å²) in [5, 5.41) is 1.98. The van der Waals surface area contributed by atoms with Gasteiger partial charge in [-0.3, -0.25) is 0 Å². The first kappa shape index (κ1) is 32.6. The van der Waals surface area contributed by atoms with Crippen LogP contribution in [0.5, 0.6) is 0 Å². The molecule has 0 amide bonds. The van der Waals surface area contributed by atoms with Gasteiger partial charge in [-0.15, -0.1) is 0 Å². The Bertz CT molecular complexity index is 940. The van der Waals surface area contributed by atoms with Gasteiger partial charge >= 0.3 is 29.6 Å². The quantitative estimate of drug-likeness (QED) is 0.130. The van der Waals surface area contributed by atoms with E-state index in [1.165, 1.54) is 77.0 Å². The van der Waals surface area contributed by atoms with Gasteiger partial charge < -0.3 is 4.55 Å². The molecule has 0 aliphatic heterocycles. The van der Waals surface area contributed by atoms with E-state index in [0.29, 0.717) is 6.42 Å². The fourth-order valence-electron chi connectivity index (χ4n) is 5.09. The van der Waals surface area contributed by atoms with Crippen molar-refractivity contribution in [2.75, 3.05) is 0 Å². The average molecular weight is 511 g/mol.